The van der Waals surface area contributed by atoms with Crippen LogP contribution in [0.4, 0.5) is 17.1 Å². The zero-order valence-electron chi connectivity index (χ0n) is 9.71. The van der Waals surface area contributed by atoms with Crippen LogP contribution in [0.3, 0.4) is 0 Å². The molecule has 2 rings (SSSR count). The number of hydrogen-bond acceptors (Lipinski definition) is 3. The molecule has 18 heavy (non-hydrogen) atoms. The number of halogens is 2. The third-order valence-electron chi connectivity index (χ3n) is 2.45. The predicted molar refractivity (Wildman–Crippen MR) is 79.8 cm³/mol. The molecule has 5 heteroatoms. The maximum Gasteiger partial charge on any atom is 0.139 e. The second-order valence-electron chi connectivity index (χ2n) is 3.71. The third-order valence-corrected chi connectivity index (χ3v) is 3.25. The Hall–Kier alpha value is -1.39. The van der Waals surface area contributed by atoms with E-state index in [0.29, 0.717) is 16.5 Å². The van der Waals surface area contributed by atoms with Crippen molar-refractivity contribution in [2.24, 2.45) is 0 Å². The Morgan fingerprint density at radius 3 is 2.72 bits per heavy atom. The summed E-state index contributed by atoms with van der Waals surface area (Å²) in [6, 6.07) is 11.1. The van der Waals surface area contributed by atoms with E-state index >= 15 is 0 Å². The molecule has 94 valence electrons. The molecule has 3 N–H and O–H groups in total. The fraction of sp³-hybridized carbons (Fsp3) is 0.0769. The van der Waals surface area contributed by atoms with Gasteiger partial charge in [0.05, 0.1) is 23.5 Å². The summed E-state index contributed by atoms with van der Waals surface area (Å²) in [6.45, 7) is 0. The molecule has 0 aliphatic carbocycles. The summed E-state index contributed by atoms with van der Waals surface area (Å²) in [5.41, 5.74) is 8.26. The van der Waals surface area contributed by atoms with Crippen molar-refractivity contribution < 1.29 is 4.74 Å². The average molecular weight is 328 g/mol. The molecule has 0 aliphatic heterocycles. The summed E-state index contributed by atoms with van der Waals surface area (Å²) in [4.78, 5) is 0. The molecule has 0 unspecified atom stereocenters. The van der Waals surface area contributed by atoms with Gasteiger partial charge in [-0.25, -0.2) is 0 Å². The van der Waals surface area contributed by atoms with Gasteiger partial charge in [-0.15, -0.1) is 0 Å². The molecule has 0 atom stereocenters. The molecule has 0 aromatic heterocycles. The van der Waals surface area contributed by atoms with Crippen molar-refractivity contribution in [3.05, 3.63) is 45.9 Å². The molecule has 2 aromatic carbocycles. The molecule has 3 nitrogen and oxygen atoms in total. The summed E-state index contributed by atoms with van der Waals surface area (Å²) in [5, 5.41) is 3.80. The van der Waals surface area contributed by atoms with Gasteiger partial charge in [-0.05, 0) is 30.3 Å². The predicted octanol–water partition coefficient (Wildman–Crippen LogP) is 4.44. The normalized spacial score (nSPS) is 10.2. The number of benzene rings is 2. The minimum atomic E-state index is 0.574. The molecule has 0 heterocycles. The summed E-state index contributed by atoms with van der Waals surface area (Å²) in [5.74, 6) is 0.621. The molecule has 0 saturated heterocycles. The lowest BCUT2D eigenvalue weighted by Crippen LogP contribution is -1.96. The molecular weight excluding hydrogens is 316 g/mol. The van der Waals surface area contributed by atoms with Crippen molar-refractivity contribution in [2.75, 3.05) is 18.2 Å². The number of anilines is 3. The standard InChI is InChI=1S/C13H12BrClN2O/c1-18-13-7-9(3-4-10(13)15)17-12-6-8(14)2-5-11(12)16/h2-7,17H,16H2,1H3. The van der Waals surface area contributed by atoms with Gasteiger partial charge in [0.25, 0.3) is 0 Å². The van der Waals surface area contributed by atoms with E-state index in [0.717, 1.165) is 15.8 Å². The Balaban J connectivity index is 2.31. The van der Waals surface area contributed by atoms with E-state index < -0.39 is 0 Å². The Morgan fingerprint density at radius 1 is 1.22 bits per heavy atom. The second kappa shape index (κ2) is 5.50. The van der Waals surface area contributed by atoms with Crippen molar-refractivity contribution in [3.63, 3.8) is 0 Å². The SMILES string of the molecule is COc1cc(Nc2cc(Br)ccc2N)ccc1Cl. The minimum Gasteiger partial charge on any atom is -0.495 e. The fourth-order valence-corrected chi connectivity index (χ4v) is 2.09. The van der Waals surface area contributed by atoms with Gasteiger partial charge in [-0.1, -0.05) is 27.5 Å². The molecule has 2 aromatic rings. The van der Waals surface area contributed by atoms with Crippen molar-refractivity contribution in [1.82, 2.24) is 0 Å². The van der Waals surface area contributed by atoms with Gasteiger partial charge >= 0.3 is 0 Å². The van der Waals surface area contributed by atoms with Gasteiger partial charge in [0, 0.05) is 16.2 Å². The smallest absolute Gasteiger partial charge is 0.139 e. The number of rotatable bonds is 3. The Kier molecular flexibility index (Phi) is 3.99. The van der Waals surface area contributed by atoms with Crippen LogP contribution in [0.5, 0.6) is 5.75 Å². The summed E-state index contributed by atoms with van der Waals surface area (Å²) in [7, 11) is 1.58. The second-order valence-corrected chi connectivity index (χ2v) is 5.03. The van der Waals surface area contributed by atoms with E-state index in [2.05, 4.69) is 21.2 Å². The van der Waals surface area contributed by atoms with Crippen molar-refractivity contribution in [3.8, 4) is 5.75 Å². The highest BCUT2D eigenvalue weighted by Crippen LogP contribution is 2.31. The first-order chi connectivity index (χ1) is 8.60. The summed E-state index contributed by atoms with van der Waals surface area (Å²) in [6.07, 6.45) is 0. The van der Waals surface area contributed by atoms with Gasteiger partial charge in [-0.2, -0.15) is 0 Å². The van der Waals surface area contributed by atoms with Gasteiger partial charge in [-0.3, -0.25) is 0 Å². The maximum absolute atomic E-state index is 5.97. The number of methoxy groups -OCH3 is 1. The lowest BCUT2D eigenvalue weighted by Gasteiger charge is -2.11. The van der Waals surface area contributed by atoms with Crippen LogP contribution in [0.15, 0.2) is 40.9 Å². The lowest BCUT2D eigenvalue weighted by molar-refractivity contribution is 0.415. The van der Waals surface area contributed by atoms with E-state index in [9.17, 15) is 0 Å². The van der Waals surface area contributed by atoms with E-state index in [1.165, 1.54) is 0 Å². The molecule has 0 spiro atoms. The van der Waals surface area contributed by atoms with Crippen LogP contribution in [0.25, 0.3) is 0 Å². The first-order valence-electron chi connectivity index (χ1n) is 5.26. The Morgan fingerprint density at radius 2 is 2.00 bits per heavy atom. The molecular formula is C13H12BrClN2O. The van der Waals surface area contributed by atoms with Crippen molar-refractivity contribution >= 4 is 44.6 Å². The largest absolute Gasteiger partial charge is 0.495 e. The minimum absolute atomic E-state index is 0.574. The van der Waals surface area contributed by atoms with Crippen molar-refractivity contribution in [2.45, 2.75) is 0 Å². The first kappa shape index (κ1) is 13.1. The van der Waals surface area contributed by atoms with Gasteiger partial charge in [0.1, 0.15) is 5.75 Å². The van der Waals surface area contributed by atoms with Crippen LogP contribution < -0.4 is 15.8 Å². The summed E-state index contributed by atoms with van der Waals surface area (Å²) < 4.78 is 6.12. The lowest BCUT2D eigenvalue weighted by atomic mass is 10.2. The van der Waals surface area contributed by atoms with Gasteiger partial charge in [0.2, 0.25) is 0 Å². The van der Waals surface area contributed by atoms with Crippen LogP contribution >= 0.6 is 27.5 Å². The van der Waals surface area contributed by atoms with Crippen LogP contribution in [-0.4, -0.2) is 7.11 Å². The van der Waals surface area contributed by atoms with Gasteiger partial charge in [0.15, 0.2) is 0 Å². The highest BCUT2D eigenvalue weighted by molar-refractivity contribution is 9.10. The molecule has 0 saturated carbocycles. The van der Waals surface area contributed by atoms with E-state index in [4.69, 9.17) is 22.1 Å². The highest BCUT2D eigenvalue weighted by atomic mass is 79.9. The van der Waals surface area contributed by atoms with Crippen LogP contribution in [0.1, 0.15) is 0 Å². The maximum atomic E-state index is 5.97. The van der Waals surface area contributed by atoms with Crippen molar-refractivity contribution in [1.29, 1.82) is 0 Å². The Labute approximate surface area is 119 Å². The highest BCUT2D eigenvalue weighted by Gasteiger charge is 2.04. The zero-order valence-corrected chi connectivity index (χ0v) is 12.0. The number of nitrogens with two attached hydrogens (primary N) is 1. The van der Waals surface area contributed by atoms with E-state index in [-0.39, 0.29) is 0 Å². The molecule has 0 bridgehead atoms. The van der Waals surface area contributed by atoms with Crippen LogP contribution in [-0.2, 0) is 0 Å². The number of nitrogen functional groups attached to an aromatic ring is 1. The quantitative estimate of drug-likeness (QED) is 0.819. The van der Waals surface area contributed by atoms with E-state index in [1.54, 1.807) is 13.2 Å². The topological polar surface area (TPSA) is 47.3 Å². The average Bonchev–Trinajstić information content (AvgIpc) is 2.36. The molecule has 0 amide bonds. The van der Waals surface area contributed by atoms with Crippen LogP contribution in [0, 0.1) is 0 Å². The molecule has 0 radical (unpaired) electrons. The van der Waals surface area contributed by atoms with E-state index in [1.807, 2.05) is 30.3 Å². The molecule has 0 aliphatic rings. The number of hydrogen-bond donors (Lipinski definition) is 2. The van der Waals surface area contributed by atoms with Crippen LogP contribution in [0.2, 0.25) is 5.02 Å². The third kappa shape index (κ3) is 2.89. The van der Waals surface area contributed by atoms with Gasteiger partial charge < -0.3 is 15.8 Å². The first-order valence-corrected chi connectivity index (χ1v) is 6.43. The number of nitrogens with one attached hydrogen (secondary N) is 1. The zero-order chi connectivity index (χ0) is 13.1. The summed E-state index contributed by atoms with van der Waals surface area (Å²) >= 11 is 9.38. The number of ether oxygens (including phenoxy) is 1. The Bertz CT molecular complexity index is 575. The molecule has 0 fully saturated rings. The fourth-order valence-electron chi connectivity index (χ4n) is 1.53. The monoisotopic (exact) mass is 326 g/mol.